The van der Waals surface area contributed by atoms with Crippen LogP contribution in [-0.2, 0) is 13.0 Å². The van der Waals surface area contributed by atoms with Gasteiger partial charge in [-0.15, -0.1) is 11.3 Å². The molecule has 1 aliphatic rings. The van der Waals surface area contributed by atoms with Gasteiger partial charge < -0.3 is 5.73 Å². The molecule has 2 heterocycles. The molecule has 1 aromatic heterocycles. The number of aryl methyl sites for hydroxylation is 1. The predicted octanol–water partition coefficient (Wildman–Crippen LogP) is 1.24. The first kappa shape index (κ1) is 10.1. The van der Waals surface area contributed by atoms with Gasteiger partial charge in [0, 0.05) is 30.2 Å². The molecule has 2 rings (SSSR count). The van der Waals surface area contributed by atoms with Crippen molar-refractivity contribution in [1.29, 1.82) is 0 Å². The molecule has 0 amide bonds. The van der Waals surface area contributed by atoms with E-state index in [9.17, 15) is 0 Å². The molecule has 1 aromatic rings. The molecule has 1 atom stereocenters. The van der Waals surface area contributed by atoms with Crippen LogP contribution in [0.3, 0.4) is 0 Å². The molecule has 4 heteroatoms. The zero-order valence-electron chi connectivity index (χ0n) is 8.57. The Morgan fingerprint density at radius 2 is 2.57 bits per heavy atom. The normalized spacial score (nSPS) is 23.1. The number of rotatable bonds is 3. The Balaban J connectivity index is 1.90. The monoisotopic (exact) mass is 211 g/mol. The Morgan fingerprint density at radius 1 is 1.71 bits per heavy atom. The second-order valence-electron chi connectivity index (χ2n) is 3.86. The summed E-state index contributed by atoms with van der Waals surface area (Å²) in [5.74, 6) is 0. The molecular formula is C10H17N3S. The summed E-state index contributed by atoms with van der Waals surface area (Å²) in [5, 5.41) is 1.23. The molecule has 0 bridgehead atoms. The van der Waals surface area contributed by atoms with Crippen molar-refractivity contribution in [2.24, 2.45) is 5.73 Å². The number of thiazole rings is 1. The van der Waals surface area contributed by atoms with Gasteiger partial charge in [0.05, 0.1) is 6.54 Å². The number of likely N-dealkylation sites (tertiary alicyclic amines) is 1. The molecule has 0 saturated carbocycles. The molecule has 1 fully saturated rings. The fraction of sp³-hybridized carbons (Fsp3) is 0.700. The van der Waals surface area contributed by atoms with Crippen LogP contribution in [0.4, 0.5) is 0 Å². The van der Waals surface area contributed by atoms with Crippen molar-refractivity contribution < 1.29 is 0 Å². The Hall–Kier alpha value is -0.450. The van der Waals surface area contributed by atoms with Crippen LogP contribution in [-0.4, -0.2) is 29.0 Å². The zero-order chi connectivity index (χ0) is 9.97. The third-order valence-electron chi connectivity index (χ3n) is 2.62. The average molecular weight is 211 g/mol. The van der Waals surface area contributed by atoms with Crippen molar-refractivity contribution in [2.75, 3.05) is 13.1 Å². The van der Waals surface area contributed by atoms with Gasteiger partial charge in [-0.3, -0.25) is 4.90 Å². The third kappa shape index (κ3) is 2.32. The largest absolute Gasteiger partial charge is 0.326 e. The topological polar surface area (TPSA) is 42.2 Å². The van der Waals surface area contributed by atoms with E-state index in [0.29, 0.717) is 6.04 Å². The van der Waals surface area contributed by atoms with Crippen molar-refractivity contribution in [2.45, 2.75) is 32.4 Å². The van der Waals surface area contributed by atoms with E-state index < -0.39 is 0 Å². The summed E-state index contributed by atoms with van der Waals surface area (Å²) in [5.41, 5.74) is 5.85. The maximum absolute atomic E-state index is 5.85. The summed E-state index contributed by atoms with van der Waals surface area (Å²) in [6.07, 6.45) is 4.22. The van der Waals surface area contributed by atoms with Crippen LogP contribution in [0.2, 0.25) is 0 Å². The summed E-state index contributed by atoms with van der Waals surface area (Å²) in [7, 11) is 0. The standard InChI is InChI=1S/C10H17N3S/c1-2-9-5-12-10(14-9)7-13-4-3-8(11)6-13/h5,8H,2-4,6-7,11H2,1H3/t8-/m1/s1. The number of aromatic nitrogens is 1. The van der Waals surface area contributed by atoms with Crippen molar-refractivity contribution in [3.8, 4) is 0 Å². The first-order chi connectivity index (χ1) is 6.78. The highest BCUT2D eigenvalue weighted by Crippen LogP contribution is 2.17. The Labute approximate surface area is 88.9 Å². The van der Waals surface area contributed by atoms with Crippen LogP contribution in [0.25, 0.3) is 0 Å². The van der Waals surface area contributed by atoms with Gasteiger partial charge in [-0.05, 0) is 12.8 Å². The predicted molar refractivity (Wildman–Crippen MR) is 59.4 cm³/mol. The highest BCUT2D eigenvalue weighted by Gasteiger charge is 2.19. The lowest BCUT2D eigenvalue weighted by atomic mass is 10.3. The first-order valence-electron chi connectivity index (χ1n) is 5.19. The maximum atomic E-state index is 5.85. The lowest BCUT2D eigenvalue weighted by Gasteiger charge is -2.12. The lowest BCUT2D eigenvalue weighted by molar-refractivity contribution is 0.326. The minimum atomic E-state index is 0.376. The zero-order valence-corrected chi connectivity index (χ0v) is 9.39. The minimum Gasteiger partial charge on any atom is -0.326 e. The fourth-order valence-corrected chi connectivity index (χ4v) is 2.69. The van der Waals surface area contributed by atoms with Gasteiger partial charge in [-0.25, -0.2) is 4.98 Å². The molecule has 78 valence electrons. The molecular weight excluding hydrogens is 194 g/mol. The first-order valence-corrected chi connectivity index (χ1v) is 6.01. The van der Waals surface area contributed by atoms with Gasteiger partial charge in [0.15, 0.2) is 0 Å². The van der Waals surface area contributed by atoms with Crippen LogP contribution in [0.15, 0.2) is 6.20 Å². The second kappa shape index (κ2) is 4.38. The second-order valence-corrected chi connectivity index (χ2v) is 5.06. The van der Waals surface area contributed by atoms with Gasteiger partial charge in [0.25, 0.3) is 0 Å². The molecule has 1 aliphatic heterocycles. The van der Waals surface area contributed by atoms with E-state index in [-0.39, 0.29) is 0 Å². The fourth-order valence-electron chi connectivity index (χ4n) is 1.78. The van der Waals surface area contributed by atoms with Crippen molar-refractivity contribution >= 4 is 11.3 Å². The SMILES string of the molecule is CCc1cnc(CN2CC[C@@H](N)C2)s1. The Morgan fingerprint density at radius 3 is 3.14 bits per heavy atom. The van der Waals surface area contributed by atoms with E-state index in [1.54, 1.807) is 0 Å². The Bertz CT molecular complexity index is 297. The summed E-state index contributed by atoms with van der Waals surface area (Å²) in [6.45, 7) is 5.31. The molecule has 0 radical (unpaired) electrons. The molecule has 3 nitrogen and oxygen atoms in total. The van der Waals surface area contributed by atoms with Crippen molar-refractivity contribution in [3.05, 3.63) is 16.1 Å². The molecule has 0 spiro atoms. The number of hydrogen-bond acceptors (Lipinski definition) is 4. The van der Waals surface area contributed by atoms with E-state index in [2.05, 4.69) is 16.8 Å². The van der Waals surface area contributed by atoms with Crippen molar-refractivity contribution in [1.82, 2.24) is 9.88 Å². The number of nitrogens with zero attached hydrogens (tertiary/aromatic N) is 2. The van der Waals surface area contributed by atoms with E-state index in [1.807, 2.05) is 17.5 Å². The number of hydrogen-bond donors (Lipinski definition) is 1. The summed E-state index contributed by atoms with van der Waals surface area (Å²) in [4.78, 5) is 8.18. The summed E-state index contributed by atoms with van der Waals surface area (Å²) >= 11 is 1.83. The minimum absolute atomic E-state index is 0.376. The molecule has 14 heavy (non-hydrogen) atoms. The van der Waals surface area contributed by atoms with E-state index in [1.165, 1.54) is 9.88 Å². The molecule has 0 unspecified atom stereocenters. The Kier molecular flexibility index (Phi) is 3.15. The summed E-state index contributed by atoms with van der Waals surface area (Å²) in [6, 6.07) is 0.376. The van der Waals surface area contributed by atoms with Gasteiger partial charge in [0.1, 0.15) is 5.01 Å². The van der Waals surface area contributed by atoms with Crippen LogP contribution in [0, 0.1) is 0 Å². The van der Waals surface area contributed by atoms with Gasteiger partial charge in [-0.1, -0.05) is 6.92 Å². The third-order valence-corrected chi connectivity index (χ3v) is 3.74. The van der Waals surface area contributed by atoms with Crippen LogP contribution in [0.5, 0.6) is 0 Å². The quantitative estimate of drug-likeness (QED) is 0.818. The molecule has 0 aromatic carbocycles. The van der Waals surface area contributed by atoms with E-state index >= 15 is 0 Å². The van der Waals surface area contributed by atoms with Crippen LogP contribution in [0.1, 0.15) is 23.2 Å². The van der Waals surface area contributed by atoms with E-state index in [4.69, 9.17) is 5.73 Å². The van der Waals surface area contributed by atoms with Crippen molar-refractivity contribution in [3.63, 3.8) is 0 Å². The van der Waals surface area contributed by atoms with Crippen LogP contribution >= 0.6 is 11.3 Å². The molecule has 0 aliphatic carbocycles. The van der Waals surface area contributed by atoms with Gasteiger partial charge in [0.2, 0.25) is 0 Å². The average Bonchev–Trinajstić information content (AvgIpc) is 2.76. The van der Waals surface area contributed by atoms with Gasteiger partial charge >= 0.3 is 0 Å². The van der Waals surface area contributed by atoms with Crippen LogP contribution < -0.4 is 5.73 Å². The van der Waals surface area contributed by atoms with E-state index in [0.717, 1.165) is 32.5 Å². The highest BCUT2D eigenvalue weighted by molar-refractivity contribution is 7.11. The molecule has 2 N–H and O–H groups in total. The van der Waals surface area contributed by atoms with Gasteiger partial charge in [-0.2, -0.15) is 0 Å². The summed E-state index contributed by atoms with van der Waals surface area (Å²) < 4.78 is 0. The maximum Gasteiger partial charge on any atom is 0.107 e. The smallest absolute Gasteiger partial charge is 0.107 e. The highest BCUT2D eigenvalue weighted by atomic mass is 32.1. The number of nitrogens with two attached hydrogens (primary N) is 1. The lowest BCUT2D eigenvalue weighted by Crippen LogP contribution is -2.26. The molecule has 1 saturated heterocycles.